The van der Waals surface area contributed by atoms with Crippen LogP contribution in [0.3, 0.4) is 0 Å². The molecule has 86 valence electrons. The van der Waals surface area contributed by atoms with E-state index in [-0.39, 0.29) is 11.3 Å². The van der Waals surface area contributed by atoms with E-state index < -0.39 is 5.97 Å². The molecule has 2 aromatic rings. The SMILES string of the molecule is Cc1cc(-c2ccc(C(=O)O)cc2)ccc1O. The molecule has 2 rings (SSSR count). The van der Waals surface area contributed by atoms with Gasteiger partial charge >= 0.3 is 5.97 Å². The van der Waals surface area contributed by atoms with E-state index in [0.717, 1.165) is 16.7 Å². The molecule has 0 heterocycles. The summed E-state index contributed by atoms with van der Waals surface area (Å²) in [5.74, 6) is -0.672. The van der Waals surface area contributed by atoms with Crippen molar-refractivity contribution in [3.63, 3.8) is 0 Å². The zero-order valence-electron chi connectivity index (χ0n) is 9.34. The van der Waals surface area contributed by atoms with Crippen LogP contribution in [0.2, 0.25) is 0 Å². The average Bonchev–Trinajstić information content (AvgIpc) is 2.33. The van der Waals surface area contributed by atoms with Gasteiger partial charge in [0.15, 0.2) is 0 Å². The van der Waals surface area contributed by atoms with Crippen LogP contribution >= 0.6 is 0 Å². The fourth-order valence-corrected chi connectivity index (χ4v) is 1.64. The van der Waals surface area contributed by atoms with E-state index in [2.05, 4.69) is 0 Å². The number of carbonyl (C=O) groups is 1. The number of hydrogen-bond acceptors (Lipinski definition) is 2. The molecule has 0 saturated heterocycles. The topological polar surface area (TPSA) is 57.5 Å². The summed E-state index contributed by atoms with van der Waals surface area (Å²) < 4.78 is 0. The first-order valence-electron chi connectivity index (χ1n) is 5.21. The van der Waals surface area contributed by atoms with Gasteiger partial charge in [0.1, 0.15) is 5.75 Å². The Morgan fingerprint density at radius 3 is 2.12 bits per heavy atom. The van der Waals surface area contributed by atoms with Crippen molar-refractivity contribution >= 4 is 5.97 Å². The summed E-state index contributed by atoms with van der Waals surface area (Å²) in [6, 6.07) is 12.0. The fraction of sp³-hybridized carbons (Fsp3) is 0.0714. The molecule has 2 aromatic carbocycles. The second-order valence-corrected chi connectivity index (χ2v) is 3.88. The number of carboxylic acid groups (broad SMARTS) is 1. The Labute approximate surface area is 99.0 Å². The Balaban J connectivity index is 2.39. The number of phenols is 1. The number of aromatic carboxylic acids is 1. The van der Waals surface area contributed by atoms with Gasteiger partial charge in [-0.1, -0.05) is 18.2 Å². The molecule has 0 aliphatic rings. The molecule has 0 unspecified atom stereocenters. The molecular formula is C14H12O3. The van der Waals surface area contributed by atoms with Crippen LogP contribution < -0.4 is 0 Å². The quantitative estimate of drug-likeness (QED) is 0.830. The van der Waals surface area contributed by atoms with Gasteiger partial charge < -0.3 is 10.2 Å². The summed E-state index contributed by atoms with van der Waals surface area (Å²) in [4.78, 5) is 10.7. The smallest absolute Gasteiger partial charge is 0.335 e. The lowest BCUT2D eigenvalue weighted by atomic mass is 10.0. The number of rotatable bonds is 2. The number of benzene rings is 2. The van der Waals surface area contributed by atoms with E-state index in [1.807, 2.05) is 13.0 Å². The van der Waals surface area contributed by atoms with E-state index >= 15 is 0 Å². The highest BCUT2D eigenvalue weighted by atomic mass is 16.4. The molecule has 3 nitrogen and oxygen atoms in total. The highest BCUT2D eigenvalue weighted by Gasteiger charge is 2.04. The monoisotopic (exact) mass is 228 g/mol. The molecule has 3 heteroatoms. The lowest BCUT2D eigenvalue weighted by Crippen LogP contribution is -1.94. The highest BCUT2D eigenvalue weighted by molar-refractivity contribution is 5.88. The number of phenolic OH excluding ortho intramolecular Hbond substituents is 1. The third-order valence-electron chi connectivity index (χ3n) is 2.66. The Kier molecular flexibility index (Phi) is 2.83. The van der Waals surface area contributed by atoms with Gasteiger partial charge in [0.25, 0.3) is 0 Å². The van der Waals surface area contributed by atoms with Gasteiger partial charge in [-0.15, -0.1) is 0 Å². The average molecular weight is 228 g/mol. The third kappa shape index (κ3) is 2.28. The number of aromatic hydroxyl groups is 1. The number of hydrogen-bond donors (Lipinski definition) is 2. The lowest BCUT2D eigenvalue weighted by Gasteiger charge is -2.05. The minimum atomic E-state index is -0.932. The summed E-state index contributed by atoms with van der Waals surface area (Å²) in [6.07, 6.45) is 0. The molecule has 0 radical (unpaired) electrons. The molecule has 0 fully saturated rings. The van der Waals surface area contributed by atoms with E-state index in [1.54, 1.807) is 36.4 Å². The summed E-state index contributed by atoms with van der Waals surface area (Å²) in [6.45, 7) is 1.82. The standard InChI is InChI=1S/C14H12O3/c1-9-8-12(6-7-13(9)15)10-2-4-11(5-3-10)14(16)17/h2-8,15H,1H3,(H,16,17). The van der Waals surface area contributed by atoms with Crippen molar-refractivity contribution in [2.75, 3.05) is 0 Å². The van der Waals surface area contributed by atoms with Crippen LogP contribution in [0.5, 0.6) is 5.75 Å². The Hall–Kier alpha value is -2.29. The van der Waals surface area contributed by atoms with Crippen LogP contribution in [0, 0.1) is 6.92 Å². The van der Waals surface area contributed by atoms with Gasteiger partial charge in [0, 0.05) is 0 Å². The Bertz CT molecular complexity index is 556. The Morgan fingerprint density at radius 1 is 1.00 bits per heavy atom. The summed E-state index contributed by atoms with van der Waals surface area (Å²) in [5.41, 5.74) is 2.95. The van der Waals surface area contributed by atoms with Crippen molar-refractivity contribution in [1.82, 2.24) is 0 Å². The summed E-state index contributed by atoms with van der Waals surface area (Å²) >= 11 is 0. The second kappa shape index (κ2) is 4.29. The zero-order chi connectivity index (χ0) is 12.4. The molecule has 0 aromatic heterocycles. The number of aryl methyl sites for hydroxylation is 1. The molecule has 0 spiro atoms. The van der Waals surface area contributed by atoms with Crippen LogP contribution in [0.1, 0.15) is 15.9 Å². The maximum Gasteiger partial charge on any atom is 0.335 e. The molecule has 0 saturated carbocycles. The zero-order valence-corrected chi connectivity index (χ0v) is 9.34. The molecular weight excluding hydrogens is 216 g/mol. The van der Waals surface area contributed by atoms with Crippen molar-refractivity contribution in [1.29, 1.82) is 0 Å². The van der Waals surface area contributed by atoms with Gasteiger partial charge in [-0.05, 0) is 47.9 Å². The normalized spacial score (nSPS) is 10.2. The van der Waals surface area contributed by atoms with Gasteiger partial charge in [0.2, 0.25) is 0 Å². The van der Waals surface area contributed by atoms with Crippen molar-refractivity contribution < 1.29 is 15.0 Å². The number of carboxylic acids is 1. The van der Waals surface area contributed by atoms with E-state index in [0.29, 0.717) is 0 Å². The molecule has 0 amide bonds. The summed E-state index contributed by atoms with van der Waals surface area (Å²) in [7, 11) is 0. The molecule has 0 atom stereocenters. The van der Waals surface area contributed by atoms with Crippen molar-refractivity contribution in [2.24, 2.45) is 0 Å². The predicted octanol–water partition coefficient (Wildman–Crippen LogP) is 3.07. The van der Waals surface area contributed by atoms with Crippen LogP contribution in [0.4, 0.5) is 0 Å². The van der Waals surface area contributed by atoms with Gasteiger partial charge in [-0.2, -0.15) is 0 Å². The van der Waals surface area contributed by atoms with E-state index in [4.69, 9.17) is 5.11 Å². The van der Waals surface area contributed by atoms with Crippen LogP contribution in [0.15, 0.2) is 42.5 Å². The van der Waals surface area contributed by atoms with Crippen molar-refractivity contribution in [3.05, 3.63) is 53.6 Å². The maximum atomic E-state index is 10.7. The predicted molar refractivity (Wildman–Crippen MR) is 65.2 cm³/mol. The van der Waals surface area contributed by atoms with Gasteiger partial charge in [0.05, 0.1) is 5.56 Å². The fourth-order valence-electron chi connectivity index (χ4n) is 1.64. The second-order valence-electron chi connectivity index (χ2n) is 3.88. The van der Waals surface area contributed by atoms with Crippen LogP contribution in [0.25, 0.3) is 11.1 Å². The minimum absolute atomic E-state index is 0.260. The molecule has 2 N–H and O–H groups in total. The van der Waals surface area contributed by atoms with E-state index in [9.17, 15) is 9.90 Å². The minimum Gasteiger partial charge on any atom is -0.508 e. The van der Waals surface area contributed by atoms with Crippen molar-refractivity contribution in [2.45, 2.75) is 6.92 Å². The highest BCUT2D eigenvalue weighted by Crippen LogP contribution is 2.25. The van der Waals surface area contributed by atoms with Crippen LogP contribution in [-0.2, 0) is 0 Å². The van der Waals surface area contributed by atoms with E-state index in [1.165, 1.54) is 0 Å². The van der Waals surface area contributed by atoms with Crippen LogP contribution in [-0.4, -0.2) is 16.2 Å². The summed E-state index contributed by atoms with van der Waals surface area (Å²) in [5, 5.41) is 18.2. The molecule has 0 bridgehead atoms. The van der Waals surface area contributed by atoms with Crippen molar-refractivity contribution in [3.8, 4) is 16.9 Å². The third-order valence-corrected chi connectivity index (χ3v) is 2.66. The first-order chi connectivity index (χ1) is 8.08. The molecule has 17 heavy (non-hydrogen) atoms. The van der Waals surface area contributed by atoms with Gasteiger partial charge in [-0.25, -0.2) is 4.79 Å². The first-order valence-corrected chi connectivity index (χ1v) is 5.21. The van der Waals surface area contributed by atoms with Gasteiger partial charge in [-0.3, -0.25) is 0 Å². The Morgan fingerprint density at radius 2 is 1.59 bits per heavy atom. The molecule has 0 aliphatic heterocycles. The lowest BCUT2D eigenvalue weighted by molar-refractivity contribution is 0.0697. The maximum absolute atomic E-state index is 10.7. The first kappa shape index (κ1) is 11.2. The largest absolute Gasteiger partial charge is 0.508 e. The molecule has 0 aliphatic carbocycles.